The number of rotatable bonds is 25. The van der Waals surface area contributed by atoms with E-state index in [0.717, 1.165) is 84.0 Å². The summed E-state index contributed by atoms with van der Waals surface area (Å²) >= 11 is 0. The van der Waals surface area contributed by atoms with E-state index in [1.165, 1.54) is 64.6 Å². The lowest BCUT2D eigenvalue weighted by Gasteiger charge is -2.47. The van der Waals surface area contributed by atoms with Crippen molar-refractivity contribution in [1.29, 1.82) is 0 Å². The van der Waals surface area contributed by atoms with Crippen molar-refractivity contribution < 1.29 is 47.7 Å². The quantitative estimate of drug-likeness (QED) is 0.0554. The molecule has 75 heavy (non-hydrogen) atoms. The zero-order valence-electron chi connectivity index (χ0n) is 44.2. The molecule has 396 valence electrons. The number of hydrogen-bond acceptors (Lipinski definition) is 11. The third kappa shape index (κ3) is 11.0. The van der Waals surface area contributed by atoms with Crippen molar-refractivity contribution in [3.63, 3.8) is 0 Å². The number of aliphatic hydroxyl groups excluding tert-OH is 1. The molecule has 1 saturated carbocycles. The SMILES string of the molecule is CCC1(CC)CCC2(CC1)c1ccccc1-c1c2c2c(c3cc(OC)c(-c4ccccc4)cc13)OC(c1ccc(OCCOCCOCCOCCOCCOCCO)cc1)(c1ccc(N3CCOCC3)cc1)C=C2. The van der Waals surface area contributed by atoms with Gasteiger partial charge in [0.1, 0.15) is 23.9 Å². The van der Waals surface area contributed by atoms with Crippen LogP contribution in [0.4, 0.5) is 5.69 Å². The zero-order valence-corrected chi connectivity index (χ0v) is 44.2. The highest BCUT2D eigenvalue weighted by atomic mass is 16.6. The van der Waals surface area contributed by atoms with Crippen molar-refractivity contribution in [3.8, 4) is 39.5 Å². The van der Waals surface area contributed by atoms with Crippen molar-refractivity contribution >= 4 is 22.5 Å². The lowest BCUT2D eigenvalue weighted by Crippen LogP contribution is -2.38. The van der Waals surface area contributed by atoms with Gasteiger partial charge in [0, 0.05) is 51.8 Å². The maximum atomic E-state index is 8.76. The highest BCUT2D eigenvalue weighted by Gasteiger charge is 2.52. The first-order valence-electron chi connectivity index (χ1n) is 27.4. The van der Waals surface area contributed by atoms with Crippen molar-refractivity contribution in [2.24, 2.45) is 5.41 Å². The number of fused-ring (bicyclic) bond motifs is 10. The molecule has 2 heterocycles. The van der Waals surface area contributed by atoms with Crippen LogP contribution in [0.3, 0.4) is 0 Å². The molecular formula is C64H75NO10. The third-order valence-electron chi connectivity index (χ3n) is 16.5. The minimum absolute atomic E-state index is 0.0154. The molecule has 0 amide bonds. The van der Waals surface area contributed by atoms with Gasteiger partial charge in [-0.1, -0.05) is 112 Å². The van der Waals surface area contributed by atoms with Crippen LogP contribution >= 0.6 is 0 Å². The lowest BCUT2D eigenvalue weighted by atomic mass is 9.58. The summed E-state index contributed by atoms with van der Waals surface area (Å²) in [5.74, 6) is 2.44. The second kappa shape index (κ2) is 24.5. The summed E-state index contributed by atoms with van der Waals surface area (Å²) in [7, 11) is 1.78. The van der Waals surface area contributed by atoms with Crippen molar-refractivity contribution in [1.82, 2.24) is 0 Å². The molecule has 4 aliphatic rings. The Hall–Kier alpha value is -5.76. The van der Waals surface area contributed by atoms with E-state index in [1.54, 1.807) is 7.11 Å². The number of hydrogen-bond donors (Lipinski definition) is 1. The van der Waals surface area contributed by atoms with Gasteiger partial charge in [-0.25, -0.2) is 0 Å². The summed E-state index contributed by atoms with van der Waals surface area (Å²) in [4.78, 5) is 2.40. The van der Waals surface area contributed by atoms with Crippen LogP contribution in [0.2, 0.25) is 0 Å². The van der Waals surface area contributed by atoms with E-state index in [4.69, 9.17) is 47.7 Å². The van der Waals surface area contributed by atoms with Crippen LogP contribution in [0.15, 0.2) is 121 Å². The minimum atomic E-state index is -0.982. The van der Waals surface area contributed by atoms with Crippen LogP contribution in [0.5, 0.6) is 17.2 Å². The third-order valence-corrected chi connectivity index (χ3v) is 16.5. The molecule has 0 radical (unpaired) electrons. The monoisotopic (exact) mass is 1020 g/mol. The van der Waals surface area contributed by atoms with E-state index < -0.39 is 5.60 Å². The predicted molar refractivity (Wildman–Crippen MR) is 297 cm³/mol. The second-order valence-electron chi connectivity index (χ2n) is 20.3. The summed E-state index contributed by atoms with van der Waals surface area (Å²) in [6.07, 6.45) is 11.7. The molecule has 11 heteroatoms. The highest BCUT2D eigenvalue weighted by molar-refractivity contribution is 6.10. The van der Waals surface area contributed by atoms with Crippen LogP contribution in [0, 0.1) is 5.41 Å². The summed E-state index contributed by atoms with van der Waals surface area (Å²) < 4.78 is 53.9. The summed E-state index contributed by atoms with van der Waals surface area (Å²) in [5.41, 5.74) is 11.3. The molecule has 11 nitrogen and oxygen atoms in total. The number of benzene rings is 6. The molecule has 2 aliphatic carbocycles. The molecule has 6 aromatic carbocycles. The van der Waals surface area contributed by atoms with Gasteiger partial charge in [-0.15, -0.1) is 0 Å². The van der Waals surface area contributed by atoms with Crippen molar-refractivity contribution in [2.75, 3.05) is 118 Å². The first kappa shape index (κ1) is 52.7. The van der Waals surface area contributed by atoms with Gasteiger partial charge < -0.3 is 52.6 Å². The Bertz CT molecular complexity index is 2830. The molecular weight excluding hydrogens is 943 g/mol. The van der Waals surface area contributed by atoms with E-state index in [9.17, 15) is 0 Å². The first-order chi connectivity index (χ1) is 37.0. The molecule has 6 aromatic rings. The molecule has 1 unspecified atom stereocenters. The largest absolute Gasteiger partial charge is 0.496 e. The van der Waals surface area contributed by atoms with Crippen LogP contribution in [-0.4, -0.2) is 118 Å². The van der Waals surface area contributed by atoms with Crippen LogP contribution < -0.4 is 19.1 Å². The zero-order chi connectivity index (χ0) is 51.5. The summed E-state index contributed by atoms with van der Waals surface area (Å²) in [5, 5.41) is 11.0. The molecule has 0 bridgehead atoms. The number of nitrogens with zero attached hydrogens (tertiary/aromatic N) is 1. The molecule has 10 rings (SSSR count). The maximum Gasteiger partial charge on any atom is 0.178 e. The minimum Gasteiger partial charge on any atom is -0.496 e. The van der Waals surface area contributed by atoms with Gasteiger partial charge in [0.25, 0.3) is 0 Å². The van der Waals surface area contributed by atoms with Crippen molar-refractivity contribution in [2.45, 2.75) is 63.4 Å². The van der Waals surface area contributed by atoms with Crippen LogP contribution in [0.1, 0.15) is 80.2 Å². The van der Waals surface area contributed by atoms with Gasteiger partial charge >= 0.3 is 0 Å². The average molecular weight is 1020 g/mol. The Labute approximate surface area is 443 Å². The Morgan fingerprint density at radius 1 is 0.600 bits per heavy atom. The number of ether oxygens (including phenoxy) is 9. The first-order valence-corrected chi connectivity index (χ1v) is 27.4. The second-order valence-corrected chi connectivity index (χ2v) is 20.3. The molecule has 0 aromatic heterocycles. The fraction of sp³-hybridized carbons (Fsp3) is 0.438. The van der Waals surface area contributed by atoms with Gasteiger partial charge in [-0.05, 0) is 107 Å². The van der Waals surface area contributed by atoms with E-state index >= 15 is 0 Å². The maximum absolute atomic E-state index is 8.76. The Morgan fingerprint density at radius 3 is 1.80 bits per heavy atom. The normalized spacial score (nSPS) is 18.2. The van der Waals surface area contributed by atoms with E-state index in [1.807, 2.05) is 12.1 Å². The number of morpholine rings is 1. The van der Waals surface area contributed by atoms with E-state index in [-0.39, 0.29) is 12.0 Å². The smallest absolute Gasteiger partial charge is 0.178 e. The van der Waals surface area contributed by atoms with Gasteiger partial charge in [0.15, 0.2) is 5.60 Å². The average Bonchev–Trinajstić information content (AvgIpc) is 3.81. The Morgan fingerprint density at radius 2 is 1.19 bits per heavy atom. The topological polar surface area (TPSA) is 107 Å². The predicted octanol–water partition coefficient (Wildman–Crippen LogP) is 11.8. The molecule has 1 N–H and O–H groups in total. The number of anilines is 1. The van der Waals surface area contributed by atoms with Gasteiger partial charge in [-0.2, -0.15) is 0 Å². The molecule has 1 atom stereocenters. The highest BCUT2D eigenvalue weighted by Crippen LogP contribution is 2.65. The molecule has 1 saturated heterocycles. The van der Waals surface area contributed by atoms with Crippen molar-refractivity contribution in [3.05, 3.63) is 149 Å². The molecule has 1 spiro atoms. The van der Waals surface area contributed by atoms with E-state index in [2.05, 4.69) is 134 Å². The fourth-order valence-electron chi connectivity index (χ4n) is 12.2. The fourth-order valence-corrected chi connectivity index (χ4v) is 12.2. The molecule has 2 fully saturated rings. The summed E-state index contributed by atoms with van der Waals surface area (Å²) in [6, 6.07) is 41.8. The van der Waals surface area contributed by atoms with E-state index in [0.29, 0.717) is 78.1 Å². The van der Waals surface area contributed by atoms with Gasteiger partial charge in [0.2, 0.25) is 0 Å². The lowest BCUT2D eigenvalue weighted by molar-refractivity contribution is -0.0146. The number of methoxy groups -OCH3 is 1. The van der Waals surface area contributed by atoms with Crippen LogP contribution in [-0.2, 0) is 39.4 Å². The standard InChI is InChI=1S/C64H75NO10/c1-4-62(5-2)25-27-63(28-26-62)57-14-10-9-13-52(57)59-55-45-54(47-11-7-6-8-12-47)58(67-3)46-56(55)61-53(60(59)63)23-24-64(75-61,48-15-19-50(20-16-48)65-29-32-68-33-30-65)49-17-21-51(22-18-49)74-44-43-73-42-41-72-40-39-71-38-37-70-36-35-69-34-31-66/h6-24,45-46,66H,4-5,25-44H2,1-3H3. The van der Waals surface area contributed by atoms with Gasteiger partial charge in [0.05, 0.1) is 93.0 Å². The Balaban J connectivity index is 0.944. The number of aliphatic hydroxyl groups is 1. The summed E-state index contributed by atoms with van der Waals surface area (Å²) in [6.45, 7) is 12.9. The van der Waals surface area contributed by atoms with Gasteiger partial charge in [-0.3, -0.25) is 0 Å². The molecule has 2 aliphatic heterocycles. The Kier molecular flexibility index (Phi) is 17.2. The van der Waals surface area contributed by atoms with Crippen LogP contribution in [0.25, 0.3) is 39.1 Å².